The number of aryl methyl sites for hydroxylation is 1. The molecule has 17 heavy (non-hydrogen) atoms. The van der Waals surface area contributed by atoms with Gasteiger partial charge in [-0.15, -0.1) is 0 Å². The topological polar surface area (TPSA) is 24.5 Å². The minimum Gasteiger partial charge on any atom is -0.496 e. The molecule has 3 nitrogen and oxygen atoms in total. The molecule has 0 spiro atoms. The number of nitrogens with zero attached hydrogens (tertiary/aromatic N) is 1. The summed E-state index contributed by atoms with van der Waals surface area (Å²) in [6.07, 6.45) is 1.03. The Balaban J connectivity index is 2.13. The summed E-state index contributed by atoms with van der Waals surface area (Å²) in [4.78, 5) is 2.48. The van der Waals surface area contributed by atoms with E-state index in [2.05, 4.69) is 35.3 Å². The second-order valence-electron chi connectivity index (χ2n) is 4.49. The Bertz CT molecular complexity index is 359. The smallest absolute Gasteiger partial charge is 0.126 e. The number of nitrogens with one attached hydrogen (secondary N) is 1. The molecule has 1 heterocycles. The Labute approximate surface area is 104 Å². The zero-order valence-corrected chi connectivity index (χ0v) is 10.8. The van der Waals surface area contributed by atoms with Crippen molar-refractivity contribution in [2.24, 2.45) is 0 Å². The van der Waals surface area contributed by atoms with Crippen molar-refractivity contribution in [1.29, 1.82) is 0 Å². The van der Waals surface area contributed by atoms with E-state index in [9.17, 15) is 0 Å². The summed E-state index contributed by atoms with van der Waals surface area (Å²) < 4.78 is 5.57. The predicted octanol–water partition coefficient (Wildman–Crippen LogP) is 1.66. The lowest BCUT2D eigenvalue weighted by Crippen LogP contribution is -2.42. The van der Waals surface area contributed by atoms with E-state index < -0.39 is 0 Å². The van der Waals surface area contributed by atoms with Crippen molar-refractivity contribution in [2.75, 3.05) is 33.3 Å². The number of piperazine rings is 1. The Kier molecular flexibility index (Phi) is 4.40. The van der Waals surface area contributed by atoms with Crippen molar-refractivity contribution in [3.63, 3.8) is 0 Å². The molecule has 1 N–H and O–H groups in total. The molecule has 94 valence electrons. The van der Waals surface area contributed by atoms with Crippen molar-refractivity contribution in [1.82, 2.24) is 10.2 Å². The molecule has 0 amide bonds. The van der Waals surface area contributed by atoms with Crippen LogP contribution in [0.1, 0.15) is 18.1 Å². The lowest BCUT2D eigenvalue weighted by molar-refractivity contribution is 0.230. The first-order chi connectivity index (χ1) is 8.35. The van der Waals surface area contributed by atoms with Gasteiger partial charge in [0.1, 0.15) is 5.75 Å². The Morgan fingerprint density at radius 1 is 1.24 bits per heavy atom. The highest BCUT2D eigenvalue weighted by Gasteiger charge is 2.13. The molecule has 1 aliphatic rings. The van der Waals surface area contributed by atoms with Gasteiger partial charge in [-0.1, -0.05) is 25.1 Å². The first-order valence-corrected chi connectivity index (χ1v) is 6.43. The third kappa shape index (κ3) is 2.99. The maximum Gasteiger partial charge on any atom is 0.126 e. The number of hydrogen-bond donors (Lipinski definition) is 1. The fourth-order valence-electron chi connectivity index (χ4n) is 2.41. The van der Waals surface area contributed by atoms with Gasteiger partial charge < -0.3 is 10.1 Å². The highest BCUT2D eigenvalue weighted by Crippen LogP contribution is 2.25. The molecule has 0 bridgehead atoms. The third-order valence-corrected chi connectivity index (χ3v) is 3.37. The molecule has 1 saturated heterocycles. The van der Waals surface area contributed by atoms with Crippen molar-refractivity contribution in [2.45, 2.75) is 19.9 Å². The molecule has 1 aliphatic heterocycles. The van der Waals surface area contributed by atoms with E-state index in [1.165, 1.54) is 11.1 Å². The molecule has 0 saturated carbocycles. The van der Waals surface area contributed by atoms with Crippen molar-refractivity contribution in [3.05, 3.63) is 29.3 Å². The van der Waals surface area contributed by atoms with Gasteiger partial charge in [0.15, 0.2) is 0 Å². The Morgan fingerprint density at radius 2 is 1.94 bits per heavy atom. The van der Waals surface area contributed by atoms with Gasteiger partial charge in [-0.3, -0.25) is 4.90 Å². The molecule has 1 fully saturated rings. The second kappa shape index (κ2) is 6.03. The minimum absolute atomic E-state index is 0.999. The van der Waals surface area contributed by atoms with Gasteiger partial charge in [-0.2, -0.15) is 0 Å². The van der Waals surface area contributed by atoms with E-state index >= 15 is 0 Å². The quantitative estimate of drug-likeness (QED) is 0.857. The van der Waals surface area contributed by atoms with Crippen molar-refractivity contribution < 1.29 is 4.74 Å². The zero-order chi connectivity index (χ0) is 12.1. The first kappa shape index (κ1) is 12.4. The normalized spacial score (nSPS) is 17.1. The van der Waals surface area contributed by atoms with Crippen LogP contribution < -0.4 is 10.1 Å². The van der Waals surface area contributed by atoms with E-state index in [4.69, 9.17) is 4.74 Å². The van der Waals surface area contributed by atoms with Gasteiger partial charge in [0, 0.05) is 38.3 Å². The number of hydrogen-bond acceptors (Lipinski definition) is 3. The molecule has 1 aromatic carbocycles. The minimum atomic E-state index is 0.999. The van der Waals surface area contributed by atoms with E-state index in [-0.39, 0.29) is 0 Å². The molecule has 0 atom stereocenters. The van der Waals surface area contributed by atoms with Crippen LogP contribution in [0.25, 0.3) is 0 Å². The largest absolute Gasteiger partial charge is 0.496 e. The average molecular weight is 234 g/mol. The van der Waals surface area contributed by atoms with Crippen molar-refractivity contribution in [3.8, 4) is 5.75 Å². The highest BCUT2D eigenvalue weighted by molar-refractivity contribution is 5.41. The van der Waals surface area contributed by atoms with Crippen LogP contribution in [0.15, 0.2) is 18.2 Å². The molecular weight excluding hydrogens is 212 g/mol. The third-order valence-electron chi connectivity index (χ3n) is 3.37. The van der Waals surface area contributed by atoms with Crippen LogP contribution in [-0.4, -0.2) is 38.2 Å². The zero-order valence-electron chi connectivity index (χ0n) is 10.8. The van der Waals surface area contributed by atoms with Crippen LogP contribution in [0, 0.1) is 0 Å². The lowest BCUT2D eigenvalue weighted by Gasteiger charge is -2.28. The molecular formula is C14H22N2O. The lowest BCUT2D eigenvalue weighted by atomic mass is 10.1. The van der Waals surface area contributed by atoms with E-state index in [0.717, 1.165) is 44.9 Å². The molecule has 0 aliphatic carbocycles. The van der Waals surface area contributed by atoms with E-state index in [1.807, 2.05) is 0 Å². The average Bonchev–Trinajstić information content (AvgIpc) is 2.39. The molecule has 3 heteroatoms. The summed E-state index contributed by atoms with van der Waals surface area (Å²) in [6, 6.07) is 6.47. The van der Waals surface area contributed by atoms with Gasteiger partial charge in [-0.05, 0) is 12.0 Å². The van der Waals surface area contributed by atoms with Crippen LogP contribution in [0.2, 0.25) is 0 Å². The van der Waals surface area contributed by atoms with E-state index in [0.29, 0.717) is 0 Å². The van der Waals surface area contributed by atoms with Crippen LogP contribution in [0.4, 0.5) is 0 Å². The number of methoxy groups -OCH3 is 1. The summed E-state index contributed by atoms with van der Waals surface area (Å²) in [5.41, 5.74) is 2.62. The fraction of sp³-hybridized carbons (Fsp3) is 0.571. The maximum atomic E-state index is 5.57. The number of ether oxygens (including phenoxy) is 1. The van der Waals surface area contributed by atoms with Crippen molar-refractivity contribution >= 4 is 0 Å². The van der Waals surface area contributed by atoms with Crippen LogP contribution in [0.3, 0.4) is 0 Å². The predicted molar refractivity (Wildman–Crippen MR) is 70.5 cm³/mol. The molecule has 0 unspecified atom stereocenters. The standard InChI is InChI=1S/C14H22N2O/c1-3-12-5-4-6-13(14(12)17-2)11-16-9-7-15-8-10-16/h4-6,15H,3,7-11H2,1-2H3. The number of rotatable bonds is 4. The van der Waals surface area contributed by atoms with Gasteiger partial charge in [0.05, 0.1) is 7.11 Å². The molecule has 2 rings (SSSR count). The van der Waals surface area contributed by atoms with E-state index in [1.54, 1.807) is 7.11 Å². The van der Waals surface area contributed by atoms with Gasteiger partial charge in [-0.25, -0.2) is 0 Å². The monoisotopic (exact) mass is 234 g/mol. The second-order valence-corrected chi connectivity index (χ2v) is 4.49. The number of para-hydroxylation sites is 1. The molecule has 0 radical (unpaired) electrons. The molecule has 1 aromatic rings. The SMILES string of the molecule is CCc1cccc(CN2CCNCC2)c1OC. The summed E-state index contributed by atoms with van der Waals surface area (Å²) in [7, 11) is 1.77. The van der Waals surface area contributed by atoms with Gasteiger partial charge in [0.2, 0.25) is 0 Å². The fourth-order valence-corrected chi connectivity index (χ4v) is 2.41. The molecule has 0 aromatic heterocycles. The van der Waals surface area contributed by atoms with Crippen LogP contribution in [0.5, 0.6) is 5.75 Å². The van der Waals surface area contributed by atoms with Gasteiger partial charge >= 0.3 is 0 Å². The highest BCUT2D eigenvalue weighted by atomic mass is 16.5. The Hall–Kier alpha value is -1.06. The van der Waals surface area contributed by atoms with Crippen LogP contribution >= 0.6 is 0 Å². The number of benzene rings is 1. The summed E-state index contributed by atoms with van der Waals surface area (Å²) in [6.45, 7) is 7.61. The summed E-state index contributed by atoms with van der Waals surface area (Å²) in [5.74, 6) is 1.08. The Morgan fingerprint density at radius 3 is 2.59 bits per heavy atom. The first-order valence-electron chi connectivity index (χ1n) is 6.43. The summed E-state index contributed by atoms with van der Waals surface area (Å²) >= 11 is 0. The van der Waals surface area contributed by atoms with Gasteiger partial charge in [0.25, 0.3) is 0 Å². The summed E-state index contributed by atoms with van der Waals surface area (Å²) in [5, 5.41) is 3.38. The van der Waals surface area contributed by atoms with Crippen LogP contribution in [-0.2, 0) is 13.0 Å². The maximum absolute atomic E-state index is 5.57.